The first-order chi connectivity index (χ1) is 7.67. The lowest BCUT2D eigenvalue weighted by atomic mass is 10.5. The van der Waals surface area contributed by atoms with Gasteiger partial charge in [-0.25, -0.2) is 4.79 Å². The van der Waals surface area contributed by atoms with Gasteiger partial charge in [-0.2, -0.15) is 4.98 Å². The Morgan fingerprint density at radius 3 is 2.75 bits per heavy atom. The Kier molecular flexibility index (Phi) is 4.78. The van der Waals surface area contributed by atoms with Crippen LogP contribution in [0.3, 0.4) is 0 Å². The van der Waals surface area contributed by atoms with E-state index in [9.17, 15) is 4.79 Å². The molecule has 0 radical (unpaired) electrons. The molecule has 0 fully saturated rings. The van der Waals surface area contributed by atoms with Crippen LogP contribution in [0.2, 0.25) is 0 Å². The average Bonchev–Trinajstić information content (AvgIpc) is 2.73. The van der Waals surface area contributed by atoms with Crippen LogP contribution in [0, 0.1) is 0 Å². The Balaban J connectivity index is 2.34. The van der Waals surface area contributed by atoms with E-state index in [0.717, 1.165) is 25.9 Å². The molecule has 0 aliphatic carbocycles. The zero-order valence-corrected chi connectivity index (χ0v) is 9.47. The molecule has 0 unspecified atom stereocenters. The van der Waals surface area contributed by atoms with Gasteiger partial charge < -0.3 is 19.2 Å². The number of carbonyl (C=O) groups is 1. The van der Waals surface area contributed by atoms with Gasteiger partial charge in [0, 0.05) is 6.54 Å². The molecular weight excluding hydrogens is 212 g/mol. The first kappa shape index (κ1) is 12.5. The molecule has 0 saturated heterocycles. The van der Waals surface area contributed by atoms with Crippen LogP contribution in [0.1, 0.15) is 24.3 Å². The second-order valence-electron chi connectivity index (χ2n) is 3.18. The Morgan fingerprint density at radius 2 is 2.25 bits per heavy atom. The summed E-state index contributed by atoms with van der Waals surface area (Å²) >= 11 is 0. The largest absolute Gasteiger partial charge is 0.476 e. The lowest BCUT2D eigenvalue weighted by Crippen LogP contribution is -2.27. The minimum Gasteiger partial charge on any atom is -0.476 e. The second kappa shape index (κ2) is 6.12. The first-order valence-corrected chi connectivity index (χ1v) is 5.21. The van der Waals surface area contributed by atoms with E-state index in [-0.39, 0.29) is 11.8 Å². The highest BCUT2D eigenvalue weighted by molar-refractivity contribution is 5.84. The molecule has 0 aliphatic heterocycles. The third kappa shape index (κ3) is 3.54. The van der Waals surface area contributed by atoms with Gasteiger partial charge in [-0.3, -0.25) is 0 Å². The summed E-state index contributed by atoms with van der Waals surface area (Å²) in [4.78, 5) is 16.3. The molecule has 1 rings (SSSR count). The highest BCUT2D eigenvalue weighted by atomic mass is 16.6. The quantitative estimate of drug-likeness (QED) is 0.753. The van der Waals surface area contributed by atoms with Crippen molar-refractivity contribution in [1.82, 2.24) is 9.88 Å². The number of hydrogen-bond acceptors (Lipinski definition) is 5. The summed E-state index contributed by atoms with van der Waals surface area (Å²) in [5.41, 5.74) is -0.141. The van der Waals surface area contributed by atoms with Crippen molar-refractivity contribution in [2.24, 2.45) is 0 Å². The number of nitrogens with zero attached hydrogens (tertiary/aromatic N) is 2. The summed E-state index contributed by atoms with van der Waals surface area (Å²) in [5, 5.41) is 8.60. The fraction of sp³-hybridized carbons (Fsp3) is 0.600. The van der Waals surface area contributed by atoms with Gasteiger partial charge >= 0.3 is 12.0 Å². The maximum Gasteiger partial charge on any atom is 0.394 e. The van der Waals surface area contributed by atoms with E-state index in [1.807, 2.05) is 0 Å². The second-order valence-corrected chi connectivity index (χ2v) is 3.18. The van der Waals surface area contributed by atoms with Gasteiger partial charge in [0.2, 0.25) is 0 Å². The molecule has 0 saturated carbocycles. The van der Waals surface area contributed by atoms with E-state index in [4.69, 9.17) is 14.3 Å². The van der Waals surface area contributed by atoms with Crippen molar-refractivity contribution in [3.05, 3.63) is 12.0 Å². The highest BCUT2D eigenvalue weighted by Crippen LogP contribution is 2.09. The number of carboxylic acids is 1. The van der Waals surface area contributed by atoms with Gasteiger partial charge in [0.15, 0.2) is 5.69 Å². The first-order valence-electron chi connectivity index (χ1n) is 5.21. The zero-order chi connectivity index (χ0) is 12.0. The van der Waals surface area contributed by atoms with Gasteiger partial charge in [-0.05, 0) is 13.1 Å². The van der Waals surface area contributed by atoms with Gasteiger partial charge in [0.05, 0.1) is 0 Å². The maximum absolute atomic E-state index is 10.5. The summed E-state index contributed by atoms with van der Waals surface area (Å²) in [5.74, 6) is -1.12. The lowest BCUT2D eigenvalue weighted by Gasteiger charge is -2.16. The number of carboxylic acid groups (broad SMARTS) is 1. The number of ether oxygens (including phenoxy) is 1. The molecule has 0 amide bonds. The van der Waals surface area contributed by atoms with Crippen molar-refractivity contribution >= 4 is 5.97 Å². The fourth-order valence-corrected chi connectivity index (χ4v) is 1.22. The molecule has 6 nitrogen and oxygen atoms in total. The fourth-order valence-electron chi connectivity index (χ4n) is 1.22. The molecule has 16 heavy (non-hydrogen) atoms. The summed E-state index contributed by atoms with van der Waals surface area (Å²) in [6.07, 6.45) is 1.07. The Morgan fingerprint density at radius 1 is 1.56 bits per heavy atom. The van der Waals surface area contributed by atoms with Crippen molar-refractivity contribution in [3.8, 4) is 6.08 Å². The summed E-state index contributed by atoms with van der Waals surface area (Å²) in [7, 11) is 0. The van der Waals surface area contributed by atoms with Crippen LogP contribution in [-0.4, -0.2) is 47.2 Å². The Bertz CT molecular complexity index is 333. The van der Waals surface area contributed by atoms with E-state index in [2.05, 4.69) is 23.7 Å². The highest BCUT2D eigenvalue weighted by Gasteiger charge is 2.11. The zero-order valence-electron chi connectivity index (χ0n) is 9.47. The predicted molar refractivity (Wildman–Crippen MR) is 56.7 cm³/mol. The summed E-state index contributed by atoms with van der Waals surface area (Å²) in [6, 6.07) is 0. The smallest absolute Gasteiger partial charge is 0.394 e. The van der Waals surface area contributed by atoms with Crippen molar-refractivity contribution in [2.45, 2.75) is 13.8 Å². The van der Waals surface area contributed by atoms with Gasteiger partial charge in [0.1, 0.15) is 12.9 Å². The average molecular weight is 228 g/mol. The van der Waals surface area contributed by atoms with Crippen molar-refractivity contribution in [3.63, 3.8) is 0 Å². The van der Waals surface area contributed by atoms with Gasteiger partial charge in [-0.1, -0.05) is 13.8 Å². The Hall–Kier alpha value is -1.56. The van der Waals surface area contributed by atoms with Gasteiger partial charge in [0.25, 0.3) is 0 Å². The van der Waals surface area contributed by atoms with E-state index < -0.39 is 5.97 Å². The molecular formula is C10H16N2O4. The molecule has 0 atom stereocenters. The number of oxazole rings is 1. The number of aromatic nitrogens is 1. The van der Waals surface area contributed by atoms with Crippen LogP contribution in [0.15, 0.2) is 10.7 Å². The standard InChI is InChI=1S/C10H16N2O4/c1-3-12(4-2)5-6-15-10-11-8(7-16-10)9(13)14/h7H,3-6H2,1-2H3,(H,13,14). The molecule has 90 valence electrons. The van der Waals surface area contributed by atoms with Crippen LogP contribution in [-0.2, 0) is 0 Å². The molecule has 0 aromatic carbocycles. The Labute approximate surface area is 93.8 Å². The van der Waals surface area contributed by atoms with Crippen LogP contribution >= 0.6 is 0 Å². The SMILES string of the molecule is CCN(CC)CCOc1nc(C(=O)O)co1. The number of hydrogen-bond donors (Lipinski definition) is 1. The number of likely N-dealkylation sites (N-methyl/N-ethyl adjacent to an activating group) is 1. The van der Waals surface area contributed by atoms with Crippen LogP contribution in [0.4, 0.5) is 0 Å². The molecule has 1 aromatic rings. The predicted octanol–water partition coefficient (Wildman–Crippen LogP) is 1.09. The number of rotatable bonds is 7. The minimum absolute atomic E-state index is 0.00422. The van der Waals surface area contributed by atoms with Gasteiger partial charge in [-0.15, -0.1) is 0 Å². The molecule has 1 aromatic heterocycles. The summed E-state index contributed by atoms with van der Waals surface area (Å²) in [6.45, 7) is 7.23. The van der Waals surface area contributed by atoms with Crippen molar-refractivity contribution in [1.29, 1.82) is 0 Å². The lowest BCUT2D eigenvalue weighted by molar-refractivity contribution is 0.0690. The van der Waals surface area contributed by atoms with Crippen molar-refractivity contribution < 1.29 is 19.1 Å². The molecule has 1 heterocycles. The molecule has 6 heteroatoms. The van der Waals surface area contributed by atoms with E-state index >= 15 is 0 Å². The van der Waals surface area contributed by atoms with Crippen LogP contribution in [0.25, 0.3) is 0 Å². The van der Waals surface area contributed by atoms with Crippen LogP contribution < -0.4 is 4.74 Å². The monoisotopic (exact) mass is 228 g/mol. The summed E-state index contributed by atoms with van der Waals surface area (Å²) < 4.78 is 10.0. The molecule has 1 N–H and O–H groups in total. The third-order valence-corrected chi connectivity index (χ3v) is 2.23. The third-order valence-electron chi connectivity index (χ3n) is 2.23. The van der Waals surface area contributed by atoms with Crippen LogP contribution in [0.5, 0.6) is 6.08 Å². The normalized spacial score (nSPS) is 10.7. The van der Waals surface area contributed by atoms with E-state index in [1.165, 1.54) is 0 Å². The topological polar surface area (TPSA) is 75.8 Å². The molecule has 0 spiro atoms. The van der Waals surface area contributed by atoms with Crippen molar-refractivity contribution in [2.75, 3.05) is 26.2 Å². The molecule has 0 bridgehead atoms. The van der Waals surface area contributed by atoms with E-state index in [1.54, 1.807) is 0 Å². The maximum atomic E-state index is 10.5. The molecule has 0 aliphatic rings. The number of aromatic carboxylic acids is 1. The van der Waals surface area contributed by atoms with E-state index in [0.29, 0.717) is 6.61 Å². The minimum atomic E-state index is -1.12.